The average Bonchev–Trinajstić information content (AvgIpc) is 2.33. The van der Waals surface area contributed by atoms with E-state index in [1.807, 2.05) is 0 Å². The Hall–Kier alpha value is -0.120. The second kappa shape index (κ2) is 3.73. The van der Waals surface area contributed by atoms with E-state index in [1.165, 1.54) is 44.9 Å². The predicted octanol–water partition coefficient (Wildman–Crippen LogP) is 1.08. The number of rotatable bonds is 0. The van der Waals surface area contributed by atoms with E-state index >= 15 is 0 Å². The second-order valence-electron chi connectivity index (χ2n) is 4.12. The SMILES string of the molecule is C1CCCC2(CC1)CCNNN2. The normalized spacial score (nSPS) is 30.0. The Morgan fingerprint density at radius 3 is 2.17 bits per heavy atom. The van der Waals surface area contributed by atoms with Crippen LogP contribution in [0.15, 0.2) is 0 Å². The molecule has 1 aliphatic carbocycles. The molecule has 0 aromatic heterocycles. The summed E-state index contributed by atoms with van der Waals surface area (Å²) < 4.78 is 0. The summed E-state index contributed by atoms with van der Waals surface area (Å²) in [5.41, 5.74) is 10.0. The van der Waals surface area contributed by atoms with Crippen molar-refractivity contribution in [2.75, 3.05) is 6.54 Å². The molecule has 3 N–H and O–H groups in total. The first-order valence-electron chi connectivity index (χ1n) is 5.16. The summed E-state index contributed by atoms with van der Waals surface area (Å²) in [5.74, 6) is 0. The van der Waals surface area contributed by atoms with Crippen LogP contribution in [-0.4, -0.2) is 12.1 Å². The first kappa shape index (κ1) is 8.48. The highest BCUT2D eigenvalue weighted by molar-refractivity contribution is 4.90. The van der Waals surface area contributed by atoms with Gasteiger partial charge >= 0.3 is 0 Å². The molecule has 0 atom stereocenters. The third-order valence-electron chi connectivity index (χ3n) is 3.21. The van der Waals surface area contributed by atoms with Crippen LogP contribution in [0.3, 0.4) is 0 Å². The van der Waals surface area contributed by atoms with Crippen molar-refractivity contribution in [3.63, 3.8) is 0 Å². The van der Waals surface area contributed by atoms with Gasteiger partial charge in [-0.15, -0.1) is 0 Å². The summed E-state index contributed by atoms with van der Waals surface area (Å²) in [6, 6.07) is 0. The molecule has 0 aromatic carbocycles. The molecule has 1 spiro atoms. The molecule has 0 amide bonds. The molecule has 1 aliphatic heterocycles. The minimum absolute atomic E-state index is 0.418. The van der Waals surface area contributed by atoms with Gasteiger partial charge in [0.1, 0.15) is 0 Å². The van der Waals surface area contributed by atoms with E-state index in [1.54, 1.807) is 0 Å². The smallest absolute Gasteiger partial charge is 0.0349 e. The molecule has 0 bridgehead atoms. The zero-order chi connectivity index (χ0) is 8.28. The highest BCUT2D eigenvalue weighted by atomic mass is 15.6. The molecule has 1 saturated heterocycles. The Morgan fingerprint density at radius 1 is 0.833 bits per heavy atom. The van der Waals surface area contributed by atoms with Gasteiger partial charge in [-0.3, -0.25) is 0 Å². The maximum Gasteiger partial charge on any atom is 0.0349 e. The molecule has 2 rings (SSSR count). The molecule has 1 heterocycles. The van der Waals surface area contributed by atoms with Crippen molar-refractivity contribution < 1.29 is 0 Å². The van der Waals surface area contributed by atoms with Crippen LogP contribution in [0.2, 0.25) is 0 Å². The van der Waals surface area contributed by atoms with Crippen LogP contribution >= 0.6 is 0 Å². The number of hydrogen-bond acceptors (Lipinski definition) is 3. The van der Waals surface area contributed by atoms with Gasteiger partial charge < -0.3 is 0 Å². The zero-order valence-electron chi connectivity index (χ0n) is 7.66. The van der Waals surface area contributed by atoms with Crippen LogP contribution in [0, 0.1) is 0 Å². The third-order valence-corrected chi connectivity index (χ3v) is 3.21. The Kier molecular flexibility index (Phi) is 2.63. The molecule has 0 aromatic rings. The lowest BCUT2D eigenvalue weighted by molar-refractivity contribution is 0.165. The molecular formula is C9H19N3. The molecule has 2 aliphatic rings. The summed E-state index contributed by atoms with van der Waals surface area (Å²) in [7, 11) is 0. The minimum Gasteiger partial charge on any atom is -0.244 e. The molecule has 3 heteroatoms. The summed E-state index contributed by atoms with van der Waals surface area (Å²) >= 11 is 0. The van der Waals surface area contributed by atoms with Gasteiger partial charge in [0, 0.05) is 12.1 Å². The molecule has 1 saturated carbocycles. The highest BCUT2D eigenvalue weighted by Gasteiger charge is 2.31. The third kappa shape index (κ3) is 1.79. The van der Waals surface area contributed by atoms with Gasteiger partial charge in [0.15, 0.2) is 0 Å². The van der Waals surface area contributed by atoms with Crippen molar-refractivity contribution in [2.45, 2.75) is 50.5 Å². The fraction of sp³-hybridized carbons (Fsp3) is 1.00. The van der Waals surface area contributed by atoms with Crippen molar-refractivity contribution in [2.24, 2.45) is 0 Å². The zero-order valence-corrected chi connectivity index (χ0v) is 7.66. The van der Waals surface area contributed by atoms with Gasteiger partial charge in [0.25, 0.3) is 0 Å². The first-order chi connectivity index (χ1) is 5.91. The van der Waals surface area contributed by atoms with Crippen LogP contribution in [0.1, 0.15) is 44.9 Å². The van der Waals surface area contributed by atoms with Crippen molar-refractivity contribution >= 4 is 0 Å². The number of hydrogen-bond donors (Lipinski definition) is 3. The molecule has 70 valence electrons. The summed E-state index contributed by atoms with van der Waals surface area (Å²) in [4.78, 5) is 0. The van der Waals surface area contributed by atoms with E-state index in [-0.39, 0.29) is 0 Å². The van der Waals surface area contributed by atoms with Gasteiger partial charge in [-0.1, -0.05) is 25.7 Å². The van der Waals surface area contributed by atoms with Crippen LogP contribution in [0.4, 0.5) is 0 Å². The van der Waals surface area contributed by atoms with Crippen molar-refractivity contribution in [1.29, 1.82) is 0 Å². The van der Waals surface area contributed by atoms with Crippen LogP contribution in [0.5, 0.6) is 0 Å². The average molecular weight is 169 g/mol. The molecule has 12 heavy (non-hydrogen) atoms. The first-order valence-corrected chi connectivity index (χ1v) is 5.16. The Balaban J connectivity index is 1.95. The van der Waals surface area contributed by atoms with Gasteiger partial charge in [-0.05, 0) is 19.3 Å². The van der Waals surface area contributed by atoms with Crippen LogP contribution in [0.25, 0.3) is 0 Å². The highest BCUT2D eigenvalue weighted by Crippen LogP contribution is 2.29. The molecule has 0 radical (unpaired) electrons. The number of hydrazine groups is 2. The summed E-state index contributed by atoms with van der Waals surface area (Å²) in [5, 5.41) is 0. The lowest BCUT2D eigenvalue weighted by Crippen LogP contribution is -2.62. The van der Waals surface area contributed by atoms with Crippen LogP contribution < -0.4 is 16.4 Å². The van der Waals surface area contributed by atoms with Crippen molar-refractivity contribution in [3.8, 4) is 0 Å². The molecular weight excluding hydrogens is 150 g/mol. The van der Waals surface area contributed by atoms with E-state index in [9.17, 15) is 0 Å². The Bertz CT molecular complexity index is 131. The van der Waals surface area contributed by atoms with Gasteiger partial charge in [-0.25, -0.2) is 10.9 Å². The quantitative estimate of drug-likeness (QED) is 0.508. The van der Waals surface area contributed by atoms with Crippen LogP contribution in [-0.2, 0) is 0 Å². The maximum absolute atomic E-state index is 3.41. The minimum atomic E-state index is 0.418. The van der Waals surface area contributed by atoms with E-state index in [0.717, 1.165) is 6.54 Å². The Labute approximate surface area is 74.2 Å². The number of nitrogens with one attached hydrogen (secondary N) is 3. The second-order valence-corrected chi connectivity index (χ2v) is 4.12. The van der Waals surface area contributed by atoms with Crippen molar-refractivity contribution in [3.05, 3.63) is 0 Å². The van der Waals surface area contributed by atoms with Gasteiger partial charge in [0.05, 0.1) is 0 Å². The topological polar surface area (TPSA) is 36.1 Å². The molecule has 0 unspecified atom stereocenters. The van der Waals surface area contributed by atoms with E-state index in [4.69, 9.17) is 0 Å². The largest absolute Gasteiger partial charge is 0.244 e. The monoisotopic (exact) mass is 169 g/mol. The van der Waals surface area contributed by atoms with E-state index < -0.39 is 0 Å². The molecule has 2 fully saturated rings. The van der Waals surface area contributed by atoms with Crippen molar-refractivity contribution in [1.82, 2.24) is 16.4 Å². The van der Waals surface area contributed by atoms with E-state index in [2.05, 4.69) is 16.4 Å². The van der Waals surface area contributed by atoms with Gasteiger partial charge in [0.2, 0.25) is 0 Å². The predicted molar refractivity (Wildman–Crippen MR) is 49.3 cm³/mol. The lowest BCUT2D eigenvalue weighted by atomic mass is 9.87. The van der Waals surface area contributed by atoms with Gasteiger partial charge in [-0.2, -0.15) is 5.53 Å². The van der Waals surface area contributed by atoms with E-state index in [0.29, 0.717) is 5.54 Å². The fourth-order valence-corrected chi connectivity index (χ4v) is 2.38. The summed E-state index contributed by atoms with van der Waals surface area (Å²) in [6.45, 7) is 1.10. The summed E-state index contributed by atoms with van der Waals surface area (Å²) in [6.07, 6.45) is 9.63. The maximum atomic E-state index is 3.41. The lowest BCUT2D eigenvalue weighted by Gasteiger charge is -2.38. The molecule has 3 nitrogen and oxygen atoms in total. The Morgan fingerprint density at radius 2 is 1.58 bits per heavy atom. The standard InChI is InChI=1S/C9H19N3/c1-2-4-6-9(5-3-1)7-8-10-12-11-9/h10-12H,1-8H2. The fourth-order valence-electron chi connectivity index (χ4n) is 2.38.